The summed E-state index contributed by atoms with van der Waals surface area (Å²) in [7, 11) is 0. The van der Waals surface area contributed by atoms with E-state index in [0.29, 0.717) is 17.8 Å². The molecule has 2 atom stereocenters. The maximum Gasteiger partial charge on any atom is 0.0820 e. The molecule has 0 amide bonds. The summed E-state index contributed by atoms with van der Waals surface area (Å²) in [5.41, 5.74) is 1.17. The molecule has 0 saturated carbocycles. The Morgan fingerprint density at radius 1 is 1.23 bits per heavy atom. The number of rotatable bonds is 2. The number of hydrogen-bond acceptors (Lipinski definition) is 1. The molecule has 0 aromatic rings. The molecule has 0 saturated heterocycles. The van der Waals surface area contributed by atoms with E-state index < -0.39 is 0 Å². The summed E-state index contributed by atoms with van der Waals surface area (Å²) in [4.78, 5) is 0. The molecular formula is C12H20O. The smallest absolute Gasteiger partial charge is 0.0820 e. The zero-order valence-electron chi connectivity index (χ0n) is 8.99. The molecule has 13 heavy (non-hydrogen) atoms. The lowest BCUT2D eigenvalue weighted by Crippen LogP contribution is -2.29. The molecule has 74 valence electrons. The van der Waals surface area contributed by atoms with Gasteiger partial charge in [0.15, 0.2) is 0 Å². The van der Waals surface area contributed by atoms with Gasteiger partial charge in [-0.1, -0.05) is 45.9 Å². The van der Waals surface area contributed by atoms with Crippen molar-refractivity contribution in [3.05, 3.63) is 23.8 Å². The number of allylic oxidation sites excluding steroid dienone is 2. The Hall–Kier alpha value is -0.560. The van der Waals surface area contributed by atoms with Crippen LogP contribution in [0, 0.1) is 17.8 Å². The van der Waals surface area contributed by atoms with Gasteiger partial charge < -0.3 is 5.11 Å². The summed E-state index contributed by atoms with van der Waals surface area (Å²) in [5, 5.41) is 10.0. The lowest BCUT2D eigenvalue weighted by molar-refractivity contribution is 0.129. The van der Waals surface area contributed by atoms with Crippen molar-refractivity contribution in [1.82, 2.24) is 0 Å². The number of aliphatic hydroxyl groups excluding tert-OH is 1. The molecule has 1 aliphatic rings. The molecule has 0 fully saturated rings. The first-order valence-electron chi connectivity index (χ1n) is 5.10. The quantitative estimate of drug-likeness (QED) is 0.692. The van der Waals surface area contributed by atoms with Gasteiger partial charge in [0.25, 0.3) is 0 Å². The van der Waals surface area contributed by atoms with E-state index in [0.717, 1.165) is 0 Å². The normalized spacial score (nSPS) is 28.4. The SMILES string of the molecule is CC(C)C1=CC=CC(C(C)C)C1O. The van der Waals surface area contributed by atoms with E-state index in [9.17, 15) is 5.11 Å². The van der Waals surface area contributed by atoms with Crippen LogP contribution in [0.3, 0.4) is 0 Å². The Morgan fingerprint density at radius 3 is 2.31 bits per heavy atom. The van der Waals surface area contributed by atoms with Crippen molar-refractivity contribution >= 4 is 0 Å². The molecule has 0 spiro atoms. The fraction of sp³-hybridized carbons (Fsp3) is 0.667. The van der Waals surface area contributed by atoms with Crippen LogP contribution in [-0.2, 0) is 0 Å². The zero-order valence-corrected chi connectivity index (χ0v) is 8.99. The van der Waals surface area contributed by atoms with E-state index in [-0.39, 0.29) is 6.10 Å². The van der Waals surface area contributed by atoms with Crippen molar-refractivity contribution in [3.63, 3.8) is 0 Å². The lowest BCUT2D eigenvalue weighted by Gasteiger charge is -2.30. The monoisotopic (exact) mass is 180 g/mol. The fourth-order valence-corrected chi connectivity index (χ4v) is 1.84. The average Bonchev–Trinajstić information content (AvgIpc) is 2.03. The minimum atomic E-state index is -0.273. The Morgan fingerprint density at radius 2 is 1.85 bits per heavy atom. The first kappa shape index (κ1) is 10.5. The van der Waals surface area contributed by atoms with Crippen molar-refractivity contribution in [1.29, 1.82) is 0 Å². The van der Waals surface area contributed by atoms with Gasteiger partial charge in [-0.3, -0.25) is 0 Å². The maximum absolute atomic E-state index is 10.0. The Balaban J connectivity index is 2.80. The summed E-state index contributed by atoms with van der Waals surface area (Å²) >= 11 is 0. The van der Waals surface area contributed by atoms with Crippen LogP contribution in [0.4, 0.5) is 0 Å². The fourth-order valence-electron chi connectivity index (χ4n) is 1.84. The van der Waals surface area contributed by atoms with E-state index in [1.165, 1.54) is 5.57 Å². The van der Waals surface area contributed by atoms with E-state index in [4.69, 9.17) is 0 Å². The van der Waals surface area contributed by atoms with Gasteiger partial charge >= 0.3 is 0 Å². The Kier molecular flexibility index (Phi) is 3.32. The summed E-state index contributed by atoms with van der Waals surface area (Å²) in [6.45, 7) is 8.57. The largest absolute Gasteiger partial charge is 0.388 e. The van der Waals surface area contributed by atoms with Crippen molar-refractivity contribution in [2.75, 3.05) is 0 Å². The second-order valence-electron chi connectivity index (χ2n) is 4.47. The minimum Gasteiger partial charge on any atom is -0.388 e. The maximum atomic E-state index is 10.0. The third-order valence-electron chi connectivity index (χ3n) is 2.76. The van der Waals surface area contributed by atoms with Gasteiger partial charge in [-0.2, -0.15) is 0 Å². The zero-order chi connectivity index (χ0) is 10.0. The third-order valence-corrected chi connectivity index (χ3v) is 2.76. The number of aliphatic hydroxyl groups is 1. The average molecular weight is 180 g/mol. The van der Waals surface area contributed by atoms with Crippen LogP contribution in [0.15, 0.2) is 23.8 Å². The van der Waals surface area contributed by atoms with Crippen LogP contribution in [0.2, 0.25) is 0 Å². The second-order valence-corrected chi connectivity index (χ2v) is 4.47. The van der Waals surface area contributed by atoms with E-state index in [2.05, 4.69) is 39.8 Å². The standard InChI is InChI=1S/C12H20O/c1-8(2)10-6-5-7-11(9(3)4)12(10)13/h5-10,12-13H,1-4H3. The highest BCUT2D eigenvalue weighted by atomic mass is 16.3. The van der Waals surface area contributed by atoms with E-state index in [1.807, 2.05) is 6.08 Å². The molecule has 0 radical (unpaired) electrons. The molecule has 0 bridgehead atoms. The Labute approximate surface area is 81.2 Å². The summed E-state index contributed by atoms with van der Waals surface area (Å²) in [6, 6.07) is 0. The molecule has 1 aliphatic carbocycles. The topological polar surface area (TPSA) is 20.2 Å². The highest BCUT2D eigenvalue weighted by Crippen LogP contribution is 2.29. The molecular weight excluding hydrogens is 160 g/mol. The van der Waals surface area contributed by atoms with Crippen LogP contribution in [-0.4, -0.2) is 11.2 Å². The predicted octanol–water partition coefficient (Wildman–Crippen LogP) is 2.77. The highest BCUT2D eigenvalue weighted by molar-refractivity contribution is 5.26. The van der Waals surface area contributed by atoms with Crippen LogP contribution in [0.5, 0.6) is 0 Å². The molecule has 1 rings (SSSR count). The minimum absolute atomic E-state index is 0.273. The van der Waals surface area contributed by atoms with Gasteiger partial charge in [-0.05, 0) is 17.4 Å². The molecule has 0 aliphatic heterocycles. The molecule has 1 nitrogen and oxygen atoms in total. The first-order chi connectivity index (χ1) is 6.04. The van der Waals surface area contributed by atoms with Gasteiger partial charge in [0.1, 0.15) is 0 Å². The molecule has 1 N–H and O–H groups in total. The van der Waals surface area contributed by atoms with E-state index >= 15 is 0 Å². The van der Waals surface area contributed by atoms with Gasteiger partial charge in [-0.15, -0.1) is 0 Å². The van der Waals surface area contributed by atoms with E-state index in [1.54, 1.807) is 0 Å². The first-order valence-corrected chi connectivity index (χ1v) is 5.10. The molecule has 0 aromatic heterocycles. The van der Waals surface area contributed by atoms with Gasteiger partial charge in [0.2, 0.25) is 0 Å². The van der Waals surface area contributed by atoms with Crippen molar-refractivity contribution in [2.45, 2.75) is 33.8 Å². The second kappa shape index (κ2) is 4.10. The van der Waals surface area contributed by atoms with Crippen molar-refractivity contribution in [3.8, 4) is 0 Å². The summed E-state index contributed by atoms with van der Waals surface area (Å²) < 4.78 is 0. The summed E-state index contributed by atoms with van der Waals surface area (Å²) in [6.07, 6.45) is 5.97. The lowest BCUT2D eigenvalue weighted by atomic mass is 9.80. The highest BCUT2D eigenvalue weighted by Gasteiger charge is 2.26. The molecule has 0 heterocycles. The van der Waals surface area contributed by atoms with Crippen molar-refractivity contribution < 1.29 is 5.11 Å². The summed E-state index contributed by atoms with van der Waals surface area (Å²) in [5.74, 6) is 1.25. The van der Waals surface area contributed by atoms with Crippen molar-refractivity contribution in [2.24, 2.45) is 17.8 Å². The van der Waals surface area contributed by atoms with Crippen LogP contribution < -0.4 is 0 Å². The van der Waals surface area contributed by atoms with Crippen LogP contribution in [0.25, 0.3) is 0 Å². The third kappa shape index (κ3) is 2.22. The molecule has 1 heteroatoms. The van der Waals surface area contributed by atoms with Crippen LogP contribution in [0.1, 0.15) is 27.7 Å². The Bertz CT molecular complexity index is 223. The van der Waals surface area contributed by atoms with Gasteiger partial charge in [-0.25, -0.2) is 0 Å². The van der Waals surface area contributed by atoms with Gasteiger partial charge in [0, 0.05) is 5.92 Å². The number of hydrogen-bond donors (Lipinski definition) is 1. The molecule has 2 unspecified atom stereocenters. The molecule has 0 aromatic carbocycles. The predicted molar refractivity (Wildman–Crippen MR) is 56.4 cm³/mol. The van der Waals surface area contributed by atoms with Crippen LogP contribution >= 0.6 is 0 Å². The van der Waals surface area contributed by atoms with Gasteiger partial charge in [0.05, 0.1) is 6.10 Å².